The lowest BCUT2D eigenvalue weighted by molar-refractivity contribution is -0.122. The predicted octanol–water partition coefficient (Wildman–Crippen LogP) is 2.67. The lowest BCUT2D eigenvalue weighted by Gasteiger charge is -2.16. The number of nitrogens with one attached hydrogen (secondary N) is 1. The fourth-order valence-electron chi connectivity index (χ4n) is 2.35. The summed E-state index contributed by atoms with van der Waals surface area (Å²) >= 11 is 0. The summed E-state index contributed by atoms with van der Waals surface area (Å²) in [6.07, 6.45) is -0.851. The second-order valence-electron chi connectivity index (χ2n) is 5.71. The van der Waals surface area contributed by atoms with Gasteiger partial charge in [-0.3, -0.25) is 4.79 Å². The monoisotopic (exact) mass is 387 g/mol. The van der Waals surface area contributed by atoms with E-state index in [1.165, 1.54) is 39.5 Å². The molecule has 0 heterocycles. The van der Waals surface area contributed by atoms with Crippen molar-refractivity contribution in [3.05, 3.63) is 53.6 Å². The second-order valence-corrected chi connectivity index (χ2v) is 5.71. The number of rotatable bonds is 7. The van der Waals surface area contributed by atoms with E-state index in [0.29, 0.717) is 11.5 Å². The van der Waals surface area contributed by atoms with Crippen LogP contribution in [0.15, 0.2) is 42.5 Å². The summed E-state index contributed by atoms with van der Waals surface area (Å²) in [6.45, 7) is 1.57. The minimum atomic E-state index is -0.851. The van der Waals surface area contributed by atoms with Crippen LogP contribution in [0.1, 0.15) is 27.6 Å². The van der Waals surface area contributed by atoms with Crippen LogP contribution in [0.2, 0.25) is 0 Å². The number of esters is 2. The molecule has 0 aliphatic carbocycles. The van der Waals surface area contributed by atoms with Crippen molar-refractivity contribution in [1.82, 2.24) is 0 Å². The fraction of sp³-hybridized carbons (Fsp3) is 0.250. The van der Waals surface area contributed by atoms with Crippen LogP contribution < -0.4 is 14.8 Å². The molecule has 28 heavy (non-hydrogen) atoms. The third-order valence-electron chi connectivity index (χ3n) is 3.77. The Labute approximate surface area is 162 Å². The van der Waals surface area contributed by atoms with E-state index in [9.17, 15) is 14.4 Å². The van der Waals surface area contributed by atoms with Gasteiger partial charge in [-0.15, -0.1) is 0 Å². The Balaban J connectivity index is 2.19. The summed E-state index contributed by atoms with van der Waals surface area (Å²) < 4.78 is 20.1. The highest BCUT2D eigenvalue weighted by Crippen LogP contribution is 2.21. The Morgan fingerprint density at radius 3 is 1.96 bits per heavy atom. The molecule has 0 saturated heterocycles. The fourth-order valence-corrected chi connectivity index (χ4v) is 2.35. The SMILES string of the molecule is COC(=O)c1cc(NC(=O)[C@@H](C)Oc2cccc(OC)c2)cc(C(=O)OC)c1. The van der Waals surface area contributed by atoms with Gasteiger partial charge in [0.15, 0.2) is 6.10 Å². The number of hydrogen-bond acceptors (Lipinski definition) is 7. The van der Waals surface area contributed by atoms with Crippen molar-refractivity contribution in [3.8, 4) is 11.5 Å². The minimum absolute atomic E-state index is 0.0991. The van der Waals surface area contributed by atoms with Crippen LogP contribution in [-0.4, -0.2) is 45.3 Å². The van der Waals surface area contributed by atoms with Gasteiger partial charge in [0.2, 0.25) is 0 Å². The molecule has 148 valence electrons. The Morgan fingerprint density at radius 1 is 0.857 bits per heavy atom. The van der Waals surface area contributed by atoms with Crippen molar-refractivity contribution in [3.63, 3.8) is 0 Å². The summed E-state index contributed by atoms with van der Waals surface area (Å²) in [5.41, 5.74) is 0.429. The van der Waals surface area contributed by atoms with Gasteiger partial charge in [-0.1, -0.05) is 6.07 Å². The number of amides is 1. The van der Waals surface area contributed by atoms with E-state index in [0.717, 1.165) is 0 Å². The molecule has 2 aromatic rings. The molecular formula is C20H21NO7. The molecule has 0 aliphatic heterocycles. The standard InChI is InChI=1S/C20H21NO7/c1-12(28-17-7-5-6-16(11-17)25-2)18(22)21-15-9-13(19(23)26-3)8-14(10-15)20(24)27-4/h5-12H,1-4H3,(H,21,22)/t12-/m1/s1. The molecule has 0 spiro atoms. The number of carbonyl (C=O) groups is 3. The lowest BCUT2D eigenvalue weighted by atomic mass is 10.1. The van der Waals surface area contributed by atoms with E-state index in [4.69, 9.17) is 9.47 Å². The molecule has 1 atom stereocenters. The number of methoxy groups -OCH3 is 3. The van der Waals surface area contributed by atoms with Crippen LogP contribution in [0.25, 0.3) is 0 Å². The third kappa shape index (κ3) is 5.23. The summed E-state index contributed by atoms with van der Waals surface area (Å²) in [6, 6.07) is 11.0. The average Bonchev–Trinajstić information content (AvgIpc) is 2.72. The highest BCUT2D eigenvalue weighted by Gasteiger charge is 2.18. The van der Waals surface area contributed by atoms with Crippen LogP contribution in [0.4, 0.5) is 5.69 Å². The van der Waals surface area contributed by atoms with Crippen molar-refractivity contribution in [2.24, 2.45) is 0 Å². The topological polar surface area (TPSA) is 100 Å². The molecule has 0 aliphatic rings. The summed E-state index contributed by atoms with van der Waals surface area (Å²) in [5.74, 6) is -0.719. The van der Waals surface area contributed by atoms with E-state index < -0.39 is 23.9 Å². The largest absolute Gasteiger partial charge is 0.497 e. The predicted molar refractivity (Wildman–Crippen MR) is 101 cm³/mol. The van der Waals surface area contributed by atoms with Gasteiger partial charge >= 0.3 is 11.9 Å². The van der Waals surface area contributed by atoms with Crippen molar-refractivity contribution >= 4 is 23.5 Å². The smallest absolute Gasteiger partial charge is 0.337 e. The quantitative estimate of drug-likeness (QED) is 0.729. The van der Waals surface area contributed by atoms with Gasteiger partial charge in [-0.25, -0.2) is 9.59 Å². The van der Waals surface area contributed by atoms with Gasteiger partial charge in [-0.05, 0) is 37.3 Å². The number of anilines is 1. The van der Waals surface area contributed by atoms with E-state index in [1.54, 1.807) is 31.2 Å². The zero-order chi connectivity index (χ0) is 20.7. The summed E-state index contributed by atoms with van der Waals surface area (Å²) in [7, 11) is 3.97. The molecule has 0 fully saturated rings. The van der Waals surface area contributed by atoms with Gasteiger partial charge in [0.25, 0.3) is 5.91 Å². The maximum Gasteiger partial charge on any atom is 0.337 e. The lowest BCUT2D eigenvalue weighted by Crippen LogP contribution is -2.30. The maximum atomic E-state index is 12.5. The molecule has 8 heteroatoms. The minimum Gasteiger partial charge on any atom is -0.497 e. The van der Waals surface area contributed by atoms with Crippen LogP contribution >= 0.6 is 0 Å². The molecule has 0 radical (unpaired) electrons. The normalized spacial score (nSPS) is 11.1. The van der Waals surface area contributed by atoms with E-state index in [2.05, 4.69) is 14.8 Å². The summed E-state index contributed by atoms with van der Waals surface area (Å²) in [5, 5.41) is 2.62. The van der Waals surface area contributed by atoms with Crippen LogP contribution in [0, 0.1) is 0 Å². The van der Waals surface area contributed by atoms with Gasteiger partial charge in [0.1, 0.15) is 11.5 Å². The zero-order valence-electron chi connectivity index (χ0n) is 16.0. The Morgan fingerprint density at radius 2 is 1.43 bits per heavy atom. The Hall–Kier alpha value is -3.55. The zero-order valence-corrected chi connectivity index (χ0v) is 16.0. The molecule has 2 rings (SSSR count). The molecule has 1 N–H and O–H groups in total. The first-order valence-electron chi connectivity index (χ1n) is 8.31. The van der Waals surface area contributed by atoms with Crippen molar-refractivity contribution in [1.29, 1.82) is 0 Å². The van der Waals surface area contributed by atoms with E-state index >= 15 is 0 Å². The third-order valence-corrected chi connectivity index (χ3v) is 3.77. The summed E-state index contributed by atoms with van der Waals surface area (Å²) in [4.78, 5) is 36.1. The van der Waals surface area contributed by atoms with Crippen molar-refractivity contribution < 1.29 is 33.3 Å². The first-order valence-corrected chi connectivity index (χ1v) is 8.31. The number of carbonyl (C=O) groups excluding carboxylic acids is 3. The van der Waals surface area contributed by atoms with Gasteiger partial charge < -0.3 is 24.3 Å². The van der Waals surface area contributed by atoms with Gasteiger partial charge in [0.05, 0.1) is 32.5 Å². The van der Waals surface area contributed by atoms with Crippen LogP contribution in [0.5, 0.6) is 11.5 Å². The van der Waals surface area contributed by atoms with Gasteiger partial charge in [-0.2, -0.15) is 0 Å². The highest BCUT2D eigenvalue weighted by atomic mass is 16.5. The molecule has 0 aromatic heterocycles. The molecule has 0 bridgehead atoms. The van der Waals surface area contributed by atoms with Crippen molar-refractivity contribution in [2.75, 3.05) is 26.6 Å². The number of benzene rings is 2. The number of hydrogen-bond donors (Lipinski definition) is 1. The van der Waals surface area contributed by atoms with Crippen molar-refractivity contribution in [2.45, 2.75) is 13.0 Å². The molecule has 0 unspecified atom stereocenters. The highest BCUT2D eigenvalue weighted by molar-refractivity contribution is 6.00. The number of ether oxygens (including phenoxy) is 4. The van der Waals surface area contributed by atoms with Crippen LogP contribution in [-0.2, 0) is 14.3 Å². The Kier molecular flexibility index (Phi) is 6.97. The molecular weight excluding hydrogens is 366 g/mol. The maximum absolute atomic E-state index is 12.5. The Bertz CT molecular complexity index is 844. The first kappa shape index (κ1) is 20.8. The second kappa shape index (κ2) is 9.40. The average molecular weight is 387 g/mol. The molecule has 2 aromatic carbocycles. The van der Waals surface area contributed by atoms with Gasteiger partial charge in [0, 0.05) is 11.8 Å². The van der Waals surface area contributed by atoms with Crippen LogP contribution in [0.3, 0.4) is 0 Å². The van der Waals surface area contributed by atoms with E-state index in [-0.39, 0.29) is 16.8 Å². The van der Waals surface area contributed by atoms with E-state index in [1.807, 2.05) is 0 Å². The molecule has 1 amide bonds. The molecule has 8 nitrogen and oxygen atoms in total. The first-order chi connectivity index (χ1) is 13.4. The molecule has 0 saturated carbocycles.